The number of nitrogens with one attached hydrogen (secondary N) is 2. The quantitative estimate of drug-likeness (QED) is 0.779. The largest absolute Gasteiger partial charge is 0.352 e. The van der Waals surface area contributed by atoms with Gasteiger partial charge in [-0.3, -0.25) is 14.5 Å². The van der Waals surface area contributed by atoms with E-state index >= 15 is 0 Å². The van der Waals surface area contributed by atoms with Crippen molar-refractivity contribution in [3.8, 4) is 0 Å². The van der Waals surface area contributed by atoms with E-state index in [-0.39, 0.29) is 18.5 Å². The molecule has 130 valence electrons. The van der Waals surface area contributed by atoms with Gasteiger partial charge in [-0.25, -0.2) is 9.18 Å². The van der Waals surface area contributed by atoms with E-state index < -0.39 is 23.3 Å². The number of urea groups is 1. The molecular formula is C17H22FN3O3. The number of hydrogen-bond acceptors (Lipinski definition) is 3. The van der Waals surface area contributed by atoms with Crippen molar-refractivity contribution in [3.63, 3.8) is 0 Å². The van der Waals surface area contributed by atoms with Crippen LogP contribution in [-0.4, -0.2) is 35.3 Å². The second-order valence-corrected chi connectivity index (χ2v) is 5.96. The van der Waals surface area contributed by atoms with Crippen molar-refractivity contribution in [3.05, 3.63) is 35.6 Å². The predicted octanol–water partition coefficient (Wildman–Crippen LogP) is 1.90. The number of carbonyl (C=O) groups is 3. The minimum atomic E-state index is -1.26. The number of amides is 4. The molecule has 2 atom stereocenters. The molecule has 2 rings (SSSR count). The first kappa shape index (κ1) is 17.9. The van der Waals surface area contributed by atoms with Gasteiger partial charge in [-0.1, -0.05) is 26.0 Å². The number of nitrogens with zero attached hydrogens (tertiary/aromatic N) is 1. The monoisotopic (exact) mass is 335 g/mol. The van der Waals surface area contributed by atoms with Gasteiger partial charge in [0.2, 0.25) is 5.91 Å². The number of benzene rings is 1. The van der Waals surface area contributed by atoms with Gasteiger partial charge in [0.25, 0.3) is 5.91 Å². The first-order valence-corrected chi connectivity index (χ1v) is 8.03. The minimum Gasteiger partial charge on any atom is -0.352 e. The SMILES string of the molecule is CC[C@@H](C)NC(=O)CN1C(=O)N[C@](CC)(c2ccc(F)cc2)C1=O. The lowest BCUT2D eigenvalue weighted by Crippen LogP contribution is -2.45. The van der Waals surface area contributed by atoms with Crippen molar-refractivity contribution in [2.24, 2.45) is 0 Å². The van der Waals surface area contributed by atoms with Crippen LogP contribution in [-0.2, 0) is 15.1 Å². The molecule has 0 saturated carbocycles. The summed E-state index contributed by atoms with van der Waals surface area (Å²) in [6, 6.07) is 4.77. The van der Waals surface area contributed by atoms with Gasteiger partial charge >= 0.3 is 6.03 Å². The summed E-state index contributed by atoms with van der Waals surface area (Å²) in [4.78, 5) is 38.0. The molecule has 0 unspecified atom stereocenters. The van der Waals surface area contributed by atoms with Crippen molar-refractivity contribution in [1.29, 1.82) is 0 Å². The molecule has 2 N–H and O–H groups in total. The Hall–Kier alpha value is -2.44. The summed E-state index contributed by atoms with van der Waals surface area (Å²) in [6.07, 6.45) is 1.05. The number of carbonyl (C=O) groups excluding carboxylic acids is 3. The number of imide groups is 1. The van der Waals surface area contributed by atoms with Crippen LogP contribution in [0, 0.1) is 5.82 Å². The molecule has 1 aliphatic rings. The molecule has 0 aliphatic carbocycles. The molecule has 1 saturated heterocycles. The molecule has 1 aromatic carbocycles. The minimum absolute atomic E-state index is 0.0358. The molecule has 0 spiro atoms. The zero-order valence-electron chi connectivity index (χ0n) is 14.1. The Kier molecular flexibility index (Phi) is 5.21. The van der Waals surface area contributed by atoms with Gasteiger partial charge in [-0.15, -0.1) is 0 Å². The Balaban J connectivity index is 2.23. The number of halogens is 1. The van der Waals surface area contributed by atoms with Gasteiger partial charge in [0, 0.05) is 6.04 Å². The molecule has 24 heavy (non-hydrogen) atoms. The summed E-state index contributed by atoms with van der Waals surface area (Å²) in [6.45, 7) is 5.19. The van der Waals surface area contributed by atoms with E-state index in [1.807, 2.05) is 13.8 Å². The average Bonchev–Trinajstić information content (AvgIpc) is 2.80. The lowest BCUT2D eigenvalue weighted by molar-refractivity contribution is -0.135. The predicted molar refractivity (Wildman–Crippen MR) is 86.5 cm³/mol. The zero-order valence-corrected chi connectivity index (χ0v) is 14.1. The van der Waals surface area contributed by atoms with Crippen molar-refractivity contribution in [2.75, 3.05) is 6.54 Å². The van der Waals surface area contributed by atoms with Crippen molar-refractivity contribution < 1.29 is 18.8 Å². The van der Waals surface area contributed by atoms with Gasteiger partial charge in [0.05, 0.1) is 0 Å². The summed E-state index contributed by atoms with van der Waals surface area (Å²) < 4.78 is 13.1. The first-order valence-electron chi connectivity index (χ1n) is 8.03. The molecule has 4 amide bonds. The number of hydrogen-bond donors (Lipinski definition) is 2. The fraction of sp³-hybridized carbons (Fsp3) is 0.471. The second kappa shape index (κ2) is 6.98. The molecular weight excluding hydrogens is 313 g/mol. The van der Waals surface area contributed by atoms with Crippen LogP contribution in [0.2, 0.25) is 0 Å². The highest BCUT2D eigenvalue weighted by atomic mass is 19.1. The summed E-state index contributed by atoms with van der Waals surface area (Å²) in [5.41, 5.74) is -0.767. The maximum Gasteiger partial charge on any atom is 0.325 e. The van der Waals surface area contributed by atoms with Crippen LogP contribution in [0.25, 0.3) is 0 Å². The lowest BCUT2D eigenvalue weighted by Gasteiger charge is -2.25. The first-order chi connectivity index (χ1) is 11.3. The molecule has 1 aromatic rings. The topological polar surface area (TPSA) is 78.5 Å². The highest BCUT2D eigenvalue weighted by Gasteiger charge is 2.51. The zero-order chi connectivity index (χ0) is 17.9. The van der Waals surface area contributed by atoms with Crippen molar-refractivity contribution in [2.45, 2.75) is 45.2 Å². The highest BCUT2D eigenvalue weighted by Crippen LogP contribution is 2.32. The van der Waals surface area contributed by atoms with Gasteiger partial charge in [-0.05, 0) is 37.5 Å². The molecule has 1 fully saturated rings. The Bertz CT molecular complexity index is 647. The summed E-state index contributed by atoms with van der Waals surface area (Å²) in [7, 11) is 0. The van der Waals surface area contributed by atoms with Crippen molar-refractivity contribution in [1.82, 2.24) is 15.5 Å². The summed E-state index contributed by atoms with van der Waals surface area (Å²) in [5.74, 6) is -1.31. The van der Waals surface area contributed by atoms with Gasteiger partial charge in [-0.2, -0.15) is 0 Å². The van der Waals surface area contributed by atoms with Crippen LogP contribution in [0.4, 0.5) is 9.18 Å². The molecule has 7 heteroatoms. The molecule has 6 nitrogen and oxygen atoms in total. The third-order valence-electron chi connectivity index (χ3n) is 4.36. The van der Waals surface area contributed by atoms with Gasteiger partial charge < -0.3 is 10.6 Å². The maximum absolute atomic E-state index is 13.1. The summed E-state index contributed by atoms with van der Waals surface area (Å²) >= 11 is 0. The second-order valence-electron chi connectivity index (χ2n) is 5.96. The highest BCUT2D eigenvalue weighted by molar-refractivity contribution is 6.09. The van der Waals surface area contributed by atoms with Crippen LogP contribution in [0.1, 0.15) is 39.2 Å². The third-order valence-corrected chi connectivity index (χ3v) is 4.36. The third kappa shape index (κ3) is 3.25. The van der Waals surface area contributed by atoms with E-state index in [0.29, 0.717) is 12.0 Å². The number of rotatable bonds is 6. The van der Waals surface area contributed by atoms with E-state index in [2.05, 4.69) is 10.6 Å². The van der Waals surface area contributed by atoms with Crippen LogP contribution in [0.15, 0.2) is 24.3 Å². The van der Waals surface area contributed by atoms with Crippen molar-refractivity contribution >= 4 is 17.8 Å². The van der Waals surface area contributed by atoms with E-state index in [9.17, 15) is 18.8 Å². The lowest BCUT2D eigenvalue weighted by atomic mass is 9.87. The Morgan fingerprint density at radius 1 is 1.29 bits per heavy atom. The summed E-state index contributed by atoms with van der Waals surface area (Å²) in [5, 5.41) is 5.39. The van der Waals surface area contributed by atoms with E-state index in [1.54, 1.807) is 6.92 Å². The maximum atomic E-state index is 13.1. The average molecular weight is 335 g/mol. The van der Waals surface area contributed by atoms with Crippen LogP contribution in [0.3, 0.4) is 0 Å². The van der Waals surface area contributed by atoms with Crippen LogP contribution >= 0.6 is 0 Å². The molecule has 0 aromatic heterocycles. The molecule has 0 bridgehead atoms. The molecule has 1 heterocycles. The Morgan fingerprint density at radius 3 is 2.46 bits per heavy atom. The molecule has 1 aliphatic heterocycles. The van der Waals surface area contributed by atoms with Gasteiger partial charge in [0.15, 0.2) is 0 Å². The van der Waals surface area contributed by atoms with E-state index in [0.717, 1.165) is 11.3 Å². The standard InChI is InChI=1S/C17H22FN3O3/c1-4-11(3)19-14(22)10-21-15(23)17(5-2,20-16(21)24)12-6-8-13(18)9-7-12/h6-9,11H,4-5,10H2,1-3H3,(H,19,22)(H,20,24)/t11-,17-/m1/s1. The van der Waals surface area contributed by atoms with Crippen LogP contribution < -0.4 is 10.6 Å². The normalized spacial score (nSPS) is 21.6. The van der Waals surface area contributed by atoms with E-state index in [4.69, 9.17) is 0 Å². The fourth-order valence-corrected chi connectivity index (χ4v) is 2.71. The fourth-order valence-electron chi connectivity index (χ4n) is 2.71. The van der Waals surface area contributed by atoms with Crippen LogP contribution in [0.5, 0.6) is 0 Å². The Morgan fingerprint density at radius 2 is 1.92 bits per heavy atom. The Labute approximate surface area is 140 Å². The van der Waals surface area contributed by atoms with Gasteiger partial charge in [0.1, 0.15) is 17.9 Å². The molecule has 0 radical (unpaired) electrons. The van der Waals surface area contributed by atoms with E-state index in [1.165, 1.54) is 24.3 Å². The smallest absolute Gasteiger partial charge is 0.325 e.